The molecule has 0 aromatic heterocycles. The average Bonchev–Trinajstić information content (AvgIpc) is 3.25. The second kappa shape index (κ2) is 11.7. The van der Waals surface area contributed by atoms with Crippen LogP contribution in [-0.4, -0.2) is 93.1 Å². The monoisotopic (exact) mass is 566 g/mol. The molecule has 0 unspecified atom stereocenters. The van der Waals surface area contributed by atoms with E-state index >= 15 is 0 Å². The van der Waals surface area contributed by atoms with E-state index in [1.165, 1.54) is 4.90 Å². The summed E-state index contributed by atoms with van der Waals surface area (Å²) in [5.74, 6) is -0.379. The molecule has 5 atom stereocenters. The highest BCUT2D eigenvalue weighted by Crippen LogP contribution is 2.26. The van der Waals surface area contributed by atoms with Gasteiger partial charge in [0.25, 0.3) is 5.91 Å². The second-order valence-corrected chi connectivity index (χ2v) is 13.1. The lowest BCUT2D eigenvalue weighted by Crippen LogP contribution is -2.55. The van der Waals surface area contributed by atoms with Gasteiger partial charge >= 0.3 is 6.09 Å². The number of nitrogens with zero attached hydrogens (tertiary/aromatic N) is 1. The lowest BCUT2D eigenvalue weighted by atomic mass is 9.97. The summed E-state index contributed by atoms with van der Waals surface area (Å²) >= 11 is 0. The summed E-state index contributed by atoms with van der Waals surface area (Å²) < 4.78 is 44.3. The van der Waals surface area contributed by atoms with Gasteiger partial charge in [-0.1, -0.05) is 12.1 Å². The number of sulfonamides is 1. The van der Waals surface area contributed by atoms with Gasteiger partial charge in [-0.15, -0.1) is 0 Å². The zero-order chi connectivity index (χ0) is 28.4. The fraction of sp³-hybridized carbons (Fsp3) is 0.654. The van der Waals surface area contributed by atoms with Crippen molar-refractivity contribution in [2.45, 2.75) is 82.4 Å². The minimum absolute atomic E-state index is 0.0435. The van der Waals surface area contributed by atoms with Crippen LogP contribution in [0.25, 0.3) is 0 Å². The van der Waals surface area contributed by atoms with Gasteiger partial charge in [0.2, 0.25) is 15.9 Å². The topological polar surface area (TPSA) is 152 Å². The fourth-order valence-electron chi connectivity index (χ4n) is 5.15. The number of nitrogens with one attached hydrogen (secondary N) is 3. The van der Waals surface area contributed by atoms with Gasteiger partial charge < -0.3 is 24.8 Å². The van der Waals surface area contributed by atoms with Crippen molar-refractivity contribution in [3.05, 3.63) is 29.8 Å². The Kier molecular flexibility index (Phi) is 8.72. The Hall–Kier alpha value is -2.90. The number of hydrogen-bond acceptors (Lipinski definition) is 8. The van der Waals surface area contributed by atoms with Gasteiger partial charge in [0.05, 0.1) is 30.6 Å². The molecule has 12 nitrogen and oxygen atoms in total. The van der Waals surface area contributed by atoms with Gasteiger partial charge in [-0.2, -0.15) is 0 Å². The van der Waals surface area contributed by atoms with E-state index < -0.39 is 51.9 Å². The molecule has 0 saturated carbocycles. The van der Waals surface area contributed by atoms with Crippen LogP contribution < -0.4 is 20.1 Å². The van der Waals surface area contributed by atoms with Crippen molar-refractivity contribution in [3.63, 3.8) is 0 Å². The smallest absolute Gasteiger partial charge is 0.411 e. The van der Waals surface area contributed by atoms with Crippen molar-refractivity contribution in [2.75, 3.05) is 26.0 Å². The Morgan fingerprint density at radius 2 is 1.90 bits per heavy atom. The SMILES string of the molecule is CC(C)(C)OC(=O)N1C[C@@H]2C[C@H]1C(=O)NC[C@H]1O[C@H](CCOc3ccccc3C(=O)N2)CC[C@H]1NS(C)(=O)=O. The largest absolute Gasteiger partial charge is 0.493 e. The third-order valence-electron chi connectivity index (χ3n) is 6.85. The van der Waals surface area contributed by atoms with Crippen LogP contribution in [-0.2, 0) is 24.3 Å². The lowest BCUT2D eigenvalue weighted by Gasteiger charge is -2.37. The number of fused-ring (bicyclic) bond motifs is 5. The van der Waals surface area contributed by atoms with Crippen molar-refractivity contribution in [1.82, 2.24) is 20.3 Å². The number of benzene rings is 1. The molecule has 0 spiro atoms. The van der Waals surface area contributed by atoms with Gasteiger partial charge in [0.15, 0.2) is 0 Å². The minimum atomic E-state index is -3.51. The summed E-state index contributed by atoms with van der Waals surface area (Å²) in [5.41, 5.74) is -0.429. The predicted octanol–water partition coefficient (Wildman–Crippen LogP) is 1.16. The third-order valence-corrected chi connectivity index (χ3v) is 7.59. The second-order valence-electron chi connectivity index (χ2n) is 11.3. The molecule has 4 bridgehead atoms. The van der Waals surface area contributed by atoms with Crippen LogP contribution in [0.1, 0.15) is 56.8 Å². The molecule has 3 heterocycles. The molecule has 2 saturated heterocycles. The Morgan fingerprint density at radius 1 is 1.15 bits per heavy atom. The Bertz CT molecular complexity index is 1180. The Morgan fingerprint density at radius 3 is 2.62 bits per heavy atom. The quantitative estimate of drug-likeness (QED) is 0.482. The zero-order valence-corrected chi connectivity index (χ0v) is 23.6. The van der Waals surface area contributed by atoms with E-state index in [0.29, 0.717) is 30.6 Å². The maximum Gasteiger partial charge on any atom is 0.411 e. The molecule has 1 aromatic carbocycles. The molecule has 3 aliphatic heterocycles. The van der Waals surface area contributed by atoms with Gasteiger partial charge in [0, 0.05) is 31.6 Å². The molecule has 3 amide bonds. The van der Waals surface area contributed by atoms with Crippen LogP contribution in [0.3, 0.4) is 0 Å². The molecule has 3 N–H and O–H groups in total. The van der Waals surface area contributed by atoms with Gasteiger partial charge in [-0.05, 0) is 52.2 Å². The van der Waals surface area contributed by atoms with Gasteiger partial charge in [0.1, 0.15) is 17.4 Å². The molecule has 3 aliphatic rings. The normalized spacial score (nSPS) is 28.5. The van der Waals surface area contributed by atoms with E-state index in [2.05, 4.69) is 15.4 Å². The number of carbonyl (C=O) groups is 3. The van der Waals surface area contributed by atoms with Gasteiger partial charge in [-0.25, -0.2) is 17.9 Å². The highest BCUT2D eigenvalue weighted by molar-refractivity contribution is 7.88. The third kappa shape index (κ3) is 7.83. The maximum atomic E-state index is 13.4. The van der Waals surface area contributed by atoms with E-state index in [-0.39, 0.29) is 38.1 Å². The van der Waals surface area contributed by atoms with Crippen LogP contribution in [0.4, 0.5) is 4.79 Å². The standard InChI is InChI=1S/C26H38N4O8S/c1-26(2,3)38-25(33)30-15-16-13-20(30)24(32)27-14-22-19(29-39(4,34)35)10-9-17(37-22)11-12-36-21-8-6-5-7-18(21)23(31)28-16/h5-8,16-17,19-20,22,29H,9-15H2,1-4H3,(H,27,32)(H,28,31)/t16-,17-,19+,20-,22+/m0/s1. The summed E-state index contributed by atoms with van der Waals surface area (Å²) in [5, 5.41) is 5.78. The molecule has 2 fully saturated rings. The first-order valence-electron chi connectivity index (χ1n) is 13.2. The predicted molar refractivity (Wildman–Crippen MR) is 142 cm³/mol. The highest BCUT2D eigenvalue weighted by atomic mass is 32.2. The molecular formula is C26H38N4O8S. The van der Waals surface area contributed by atoms with Crippen molar-refractivity contribution in [3.8, 4) is 5.75 Å². The molecule has 216 valence electrons. The van der Waals surface area contributed by atoms with E-state index in [9.17, 15) is 22.8 Å². The Labute approximate surface area is 229 Å². The first-order chi connectivity index (χ1) is 18.3. The minimum Gasteiger partial charge on any atom is -0.493 e. The lowest BCUT2D eigenvalue weighted by molar-refractivity contribution is -0.127. The molecule has 39 heavy (non-hydrogen) atoms. The van der Waals surface area contributed by atoms with Crippen molar-refractivity contribution >= 4 is 27.9 Å². The first kappa shape index (κ1) is 29.1. The maximum absolute atomic E-state index is 13.4. The van der Waals surface area contributed by atoms with Crippen LogP contribution in [0.5, 0.6) is 5.75 Å². The summed E-state index contributed by atoms with van der Waals surface area (Å²) in [6.07, 6.45) is 1.40. The number of likely N-dealkylation sites (tertiary alicyclic amines) is 1. The summed E-state index contributed by atoms with van der Waals surface area (Å²) in [4.78, 5) is 40.9. The van der Waals surface area contributed by atoms with Gasteiger partial charge in [-0.3, -0.25) is 14.5 Å². The highest BCUT2D eigenvalue weighted by Gasteiger charge is 2.43. The Balaban J connectivity index is 1.61. The van der Waals surface area contributed by atoms with Crippen LogP contribution in [0, 0.1) is 0 Å². The van der Waals surface area contributed by atoms with E-state index in [4.69, 9.17) is 14.2 Å². The molecule has 13 heteroatoms. The molecular weight excluding hydrogens is 528 g/mol. The summed E-state index contributed by atoms with van der Waals surface area (Å²) in [6, 6.07) is 4.97. The molecule has 1 aromatic rings. The van der Waals surface area contributed by atoms with Crippen molar-refractivity contribution < 1.29 is 37.0 Å². The number of ether oxygens (including phenoxy) is 3. The zero-order valence-electron chi connectivity index (χ0n) is 22.8. The summed E-state index contributed by atoms with van der Waals surface area (Å²) in [6.45, 7) is 5.62. The number of carbonyl (C=O) groups excluding carboxylic acids is 3. The average molecular weight is 567 g/mol. The van der Waals surface area contributed by atoms with Crippen LogP contribution >= 0.6 is 0 Å². The number of rotatable bonds is 2. The first-order valence-corrected chi connectivity index (χ1v) is 15.1. The van der Waals surface area contributed by atoms with E-state index in [1.54, 1.807) is 45.0 Å². The van der Waals surface area contributed by atoms with Crippen molar-refractivity contribution in [2.24, 2.45) is 0 Å². The molecule has 0 aliphatic carbocycles. The van der Waals surface area contributed by atoms with Crippen LogP contribution in [0.2, 0.25) is 0 Å². The number of hydrogen-bond donors (Lipinski definition) is 3. The fourth-order valence-corrected chi connectivity index (χ4v) is 5.97. The number of amides is 3. The van der Waals surface area contributed by atoms with Crippen LogP contribution in [0.15, 0.2) is 24.3 Å². The van der Waals surface area contributed by atoms with Crippen molar-refractivity contribution in [1.29, 1.82) is 0 Å². The summed E-state index contributed by atoms with van der Waals surface area (Å²) in [7, 11) is -3.51. The van der Waals surface area contributed by atoms with E-state index in [1.807, 2.05) is 0 Å². The molecule has 0 radical (unpaired) electrons. The number of para-hydroxylation sites is 1. The van der Waals surface area contributed by atoms with E-state index in [0.717, 1.165) is 6.26 Å². The molecule has 4 rings (SSSR count).